The van der Waals surface area contributed by atoms with E-state index in [4.69, 9.17) is 9.97 Å². The lowest BCUT2D eigenvalue weighted by molar-refractivity contribution is -0.136. The zero-order chi connectivity index (χ0) is 40.8. The summed E-state index contributed by atoms with van der Waals surface area (Å²) in [5.41, 5.74) is 5.55. The van der Waals surface area contributed by atoms with Crippen LogP contribution in [0, 0.1) is 0 Å². The quantitative estimate of drug-likeness (QED) is 0.123. The molecule has 59 heavy (non-hydrogen) atoms. The number of imide groups is 1. The highest BCUT2D eigenvalue weighted by molar-refractivity contribution is 6.05. The Kier molecular flexibility index (Phi) is 10.1. The molecule has 0 spiro atoms. The lowest BCUT2D eigenvalue weighted by Gasteiger charge is -2.36. The van der Waals surface area contributed by atoms with Crippen LogP contribution < -0.4 is 21.1 Å². The van der Waals surface area contributed by atoms with E-state index in [0.29, 0.717) is 59.9 Å². The summed E-state index contributed by atoms with van der Waals surface area (Å²) in [7, 11) is 0. The predicted octanol–water partition coefficient (Wildman–Crippen LogP) is 3.97. The first kappa shape index (κ1) is 38.3. The second-order valence-corrected chi connectivity index (χ2v) is 16.0. The number of piperazine rings is 1. The van der Waals surface area contributed by atoms with Crippen LogP contribution in [0.15, 0.2) is 78.2 Å². The number of amides is 3. The molecule has 6 heterocycles. The van der Waals surface area contributed by atoms with Gasteiger partial charge in [0.25, 0.3) is 11.5 Å². The zero-order valence-electron chi connectivity index (χ0n) is 33.2. The predicted molar refractivity (Wildman–Crippen MR) is 223 cm³/mol. The number of benzene rings is 2. The largest absolute Gasteiger partial charge is 0.384 e. The molecule has 1 aliphatic carbocycles. The van der Waals surface area contributed by atoms with E-state index in [1.807, 2.05) is 43.3 Å². The maximum atomic E-state index is 13.5. The summed E-state index contributed by atoms with van der Waals surface area (Å²) in [6.45, 7) is 11.1. The number of fused-ring (bicyclic) bond motifs is 3. The molecule has 2 aromatic carbocycles. The highest BCUT2D eigenvalue weighted by atomic mass is 16.3. The molecule has 5 aromatic rings. The highest BCUT2D eigenvalue weighted by Gasteiger charge is 2.40. The number of nitrogens with zero attached hydrogens (tertiary/aromatic N) is 8. The van der Waals surface area contributed by atoms with Crippen molar-refractivity contribution in [2.24, 2.45) is 0 Å². The van der Waals surface area contributed by atoms with E-state index in [1.165, 1.54) is 5.56 Å². The van der Waals surface area contributed by atoms with Gasteiger partial charge >= 0.3 is 0 Å². The van der Waals surface area contributed by atoms with Crippen molar-refractivity contribution in [2.75, 3.05) is 42.9 Å². The minimum Gasteiger partial charge on any atom is -0.384 e. The van der Waals surface area contributed by atoms with E-state index >= 15 is 0 Å². The van der Waals surface area contributed by atoms with Gasteiger partial charge in [-0.25, -0.2) is 19.3 Å². The number of aliphatic hydroxyl groups is 1. The van der Waals surface area contributed by atoms with Crippen molar-refractivity contribution >= 4 is 46.1 Å². The van der Waals surface area contributed by atoms with E-state index < -0.39 is 17.6 Å². The van der Waals surface area contributed by atoms with E-state index in [2.05, 4.69) is 50.2 Å². The molecule has 2 atom stereocenters. The Balaban J connectivity index is 0.795. The van der Waals surface area contributed by atoms with Gasteiger partial charge in [0.15, 0.2) is 11.5 Å². The molecular formula is C44H48N10O5. The fourth-order valence-corrected chi connectivity index (χ4v) is 8.99. The number of allylic oxidation sites excluding steroid dienone is 1. The number of hydrogen-bond donors (Lipinski definition) is 3. The average molecular weight is 797 g/mol. The zero-order valence-corrected chi connectivity index (χ0v) is 33.2. The summed E-state index contributed by atoms with van der Waals surface area (Å²) >= 11 is 0. The van der Waals surface area contributed by atoms with E-state index in [9.17, 15) is 24.3 Å². The Morgan fingerprint density at radius 3 is 2.56 bits per heavy atom. The number of carbonyl (C=O) groups excluding carboxylic acids is 3. The van der Waals surface area contributed by atoms with Crippen molar-refractivity contribution in [2.45, 2.75) is 76.6 Å². The summed E-state index contributed by atoms with van der Waals surface area (Å²) in [4.78, 5) is 71.3. The number of nitrogens with one attached hydrogen (secondary N) is 2. The Labute approximate surface area is 341 Å². The molecule has 2 saturated heterocycles. The van der Waals surface area contributed by atoms with Gasteiger partial charge in [-0.2, -0.15) is 4.98 Å². The first-order chi connectivity index (χ1) is 28.6. The molecule has 1 unspecified atom stereocenters. The number of piperidine rings is 1. The first-order valence-corrected chi connectivity index (χ1v) is 20.6. The summed E-state index contributed by atoms with van der Waals surface area (Å²) in [5, 5.41) is 17.3. The van der Waals surface area contributed by atoms with Crippen molar-refractivity contribution in [3.05, 3.63) is 112 Å². The topological polar surface area (TPSA) is 171 Å². The summed E-state index contributed by atoms with van der Waals surface area (Å²) in [5.74, 6) is 0.0238. The van der Waals surface area contributed by atoms with Crippen molar-refractivity contribution in [3.8, 4) is 5.82 Å². The molecule has 3 amide bonds. The summed E-state index contributed by atoms with van der Waals surface area (Å²) in [6.07, 6.45) is 7.69. The van der Waals surface area contributed by atoms with Crippen LogP contribution in [0.3, 0.4) is 0 Å². The second kappa shape index (κ2) is 15.5. The average Bonchev–Trinajstić information content (AvgIpc) is 3.86. The monoisotopic (exact) mass is 796 g/mol. The van der Waals surface area contributed by atoms with Crippen molar-refractivity contribution in [1.82, 2.24) is 39.4 Å². The van der Waals surface area contributed by atoms with Crippen LogP contribution >= 0.6 is 0 Å². The molecule has 9 rings (SSSR count). The van der Waals surface area contributed by atoms with Gasteiger partial charge in [0.2, 0.25) is 17.8 Å². The maximum absolute atomic E-state index is 13.5. The smallest absolute Gasteiger partial charge is 0.278 e. The Hall–Kier alpha value is -6.19. The van der Waals surface area contributed by atoms with Crippen molar-refractivity contribution in [1.29, 1.82) is 0 Å². The normalized spacial score (nSPS) is 20.6. The molecule has 2 fully saturated rings. The van der Waals surface area contributed by atoms with Crippen molar-refractivity contribution < 1.29 is 19.5 Å². The van der Waals surface area contributed by atoms with E-state index in [0.717, 1.165) is 74.5 Å². The standard InChI is InChI=1S/C44H48N10O5/c1-3-19-53-42(58)34-26-45-43(49-39(34)54(53)36-15-9-29-17-18-44(59,4-2)38(29)47-36)46-31-10-7-28(8-11-31)6-5-20-50-21-23-51(24-22-50)32-12-13-33-30(25-32)27-52(41(33)57)35-14-16-37(55)48-40(35)56/h3,7-13,15,25-26,35,59H,1,4-6,14,16-24,27H2,2H3,(H,45,46,49)(H,48,55,56)/t35?,44-/m1/s1. The van der Waals surface area contributed by atoms with Crippen LogP contribution in [0.1, 0.15) is 71.8 Å². The number of anilines is 3. The molecule has 15 nitrogen and oxygen atoms in total. The fourth-order valence-electron chi connectivity index (χ4n) is 8.99. The van der Waals surface area contributed by atoms with Crippen molar-refractivity contribution in [3.63, 3.8) is 0 Å². The minimum absolute atomic E-state index is 0.149. The molecule has 3 N–H and O–H groups in total. The van der Waals surface area contributed by atoms with Gasteiger partial charge in [0.05, 0.1) is 12.2 Å². The van der Waals surface area contributed by atoms with Crippen LogP contribution in [0.4, 0.5) is 17.3 Å². The third-order valence-corrected chi connectivity index (χ3v) is 12.4. The van der Waals surface area contributed by atoms with Gasteiger partial charge in [0, 0.05) is 62.3 Å². The molecule has 304 valence electrons. The van der Waals surface area contributed by atoms with Crippen LogP contribution in [-0.4, -0.2) is 95.7 Å². The number of aryl methyl sites for hydroxylation is 2. The molecule has 3 aromatic heterocycles. The fraction of sp³-hybridized carbons (Fsp3) is 0.386. The lowest BCUT2D eigenvalue weighted by atomic mass is 9.98. The lowest BCUT2D eigenvalue weighted by Crippen LogP contribution is -2.52. The molecule has 0 saturated carbocycles. The van der Waals surface area contributed by atoms with Crippen LogP contribution in [0.2, 0.25) is 0 Å². The van der Waals surface area contributed by atoms with E-state index in [-0.39, 0.29) is 30.3 Å². The number of rotatable bonds is 12. The Morgan fingerprint density at radius 2 is 1.80 bits per heavy atom. The SMILES string of the molecule is C=CCn1c(=O)c2cnc(Nc3ccc(CCCN4CCN(c5ccc6c(c5)CN(C5CCC(=O)NC5=O)C6=O)CC4)cc3)nc2n1-c1ccc2c(n1)[C@@](O)(CC)CC2. The van der Waals surface area contributed by atoms with Gasteiger partial charge in [0.1, 0.15) is 17.0 Å². The Morgan fingerprint density at radius 1 is 0.983 bits per heavy atom. The van der Waals surface area contributed by atoms with E-state index in [1.54, 1.807) is 26.5 Å². The molecule has 0 radical (unpaired) electrons. The number of pyridine rings is 1. The molecule has 15 heteroatoms. The maximum Gasteiger partial charge on any atom is 0.278 e. The number of carbonyl (C=O) groups is 3. The van der Waals surface area contributed by atoms with Gasteiger partial charge in [-0.05, 0) is 98.2 Å². The molecule has 4 aliphatic rings. The summed E-state index contributed by atoms with van der Waals surface area (Å²) < 4.78 is 3.24. The van der Waals surface area contributed by atoms with Gasteiger partial charge < -0.3 is 20.2 Å². The number of aromatic nitrogens is 5. The second-order valence-electron chi connectivity index (χ2n) is 16.0. The third kappa shape index (κ3) is 7.18. The van der Waals surface area contributed by atoms with Gasteiger partial charge in [-0.1, -0.05) is 31.2 Å². The van der Waals surface area contributed by atoms with Crippen LogP contribution in [-0.2, 0) is 41.1 Å². The molecular weight excluding hydrogens is 749 g/mol. The molecule has 3 aliphatic heterocycles. The Bertz CT molecular complexity index is 2540. The highest BCUT2D eigenvalue weighted by Crippen LogP contribution is 2.38. The van der Waals surface area contributed by atoms with Gasteiger partial charge in [-0.15, -0.1) is 6.58 Å². The minimum atomic E-state index is -0.995. The molecule has 0 bridgehead atoms. The third-order valence-electron chi connectivity index (χ3n) is 12.4. The van der Waals surface area contributed by atoms with Crippen LogP contribution in [0.25, 0.3) is 16.9 Å². The van der Waals surface area contributed by atoms with Crippen LogP contribution in [0.5, 0.6) is 0 Å². The van der Waals surface area contributed by atoms with Gasteiger partial charge in [-0.3, -0.25) is 29.4 Å². The summed E-state index contributed by atoms with van der Waals surface area (Å²) in [6, 6.07) is 17.4. The first-order valence-electron chi connectivity index (χ1n) is 20.6. The number of hydrogen-bond acceptors (Lipinski definition) is 11.